The van der Waals surface area contributed by atoms with Crippen molar-refractivity contribution in [2.45, 2.75) is 26.4 Å². The molecule has 0 aliphatic carbocycles. The molecule has 7 nitrogen and oxygen atoms in total. The topological polar surface area (TPSA) is 70.1 Å². The van der Waals surface area contributed by atoms with E-state index >= 15 is 0 Å². The predicted molar refractivity (Wildman–Crippen MR) is 122 cm³/mol. The van der Waals surface area contributed by atoms with Crippen LogP contribution in [-0.2, 0) is 17.9 Å². The average molecular weight is 438 g/mol. The van der Waals surface area contributed by atoms with Crippen molar-refractivity contribution in [3.63, 3.8) is 0 Å². The van der Waals surface area contributed by atoms with Crippen LogP contribution >= 0.6 is 0 Å². The lowest BCUT2D eigenvalue weighted by Gasteiger charge is -2.27. The summed E-state index contributed by atoms with van der Waals surface area (Å²) in [5.74, 6) is 1.06. The summed E-state index contributed by atoms with van der Waals surface area (Å²) in [6.07, 6.45) is 3.31. The Labute approximate surface area is 189 Å². The zero-order valence-electron chi connectivity index (χ0n) is 19.0. The number of carbonyl (C=O) groups is 2. The van der Waals surface area contributed by atoms with Crippen molar-refractivity contribution in [1.29, 1.82) is 0 Å². The maximum Gasteiger partial charge on any atom is 0.257 e. The Bertz CT molecular complexity index is 980. The van der Waals surface area contributed by atoms with E-state index in [9.17, 15) is 9.59 Å². The van der Waals surface area contributed by atoms with Gasteiger partial charge in [0.25, 0.3) is 5.91 Å². The standard InChI is InChI=1S/C25H31N3O4/c1-20-23(12-17-31-20)25(30)28(19-22-10-7-16-32-22)13-11-24(29)27(15-14-26(2)3)18-21-8-5-4-6-9-21/h4-10,12,16-17H,11,13-15,18-19H2,1-3H3. The molecule has 0 saturated carbocycles. The summed E-state index contributed by atoms with van der Waals surface area (Å²) in [5, 5.41) is 0. The van der Waals surface area contributed by atoms with E-state index in [1.54, 1.807) is 30.2 Å². The van der Waals surface area contributed by atoms with Gasteiger partial charge in [0, 0.05) is 32.6 Å². The van der Waals surface area contributed by atoms with Crippen molar-refractivity contribution in [3.05, 3.63) is 83.7 Å². The molecule has 3 aromatic rings. The minimum atomic E-state index is -0.177. The average Bonchev–Trinajstić information content (AvgIpc) is 3.45. The molecule has 0 aliphatic rings. The van der Waals surface area contributed by atoms with Gasteiger partial charge >= 0.3 is 0 Å². The van der Waals surface area contributed by atoms with Gasteiger partial charge in [0.05, 0.1) is 24.6 Å². The summed E-state index contributed by atoms with van der Waals surface area (Å²) < 4.78 is 10.7. The first-order valence-corrected chi connectivity index (χ1v) is 10.8. The van der Waals surface area contributed by atoms with Gasteiger partial charge in [0.1, 0.15) is 11.5 Å². The summed E-state index contributed by atoms with van der Waals surface area (Å²) in [6.45, 7) is 4.26. The van der Waals surface area contributed by atoms with Crippen molar-refractivity contribution < 1.29 is 18.4 Å². The van der Waals surface area contributed by atoms with Gasteiger partial charge in [-0.2, -0.15) is 0 Å². The van der Waals surface area contributed by atoms with Gasteiger partial charge in [-0.3, -0.25) is 9.59 Å². The summed E-state index contributed by atoms with van der Waals surface area (Å²) in [7, 11) is 3.98. The first-order chi connectivity index (χ1) is 15.4. The van der Waals surface area contributed by atoms with Gasteiger partial charge in [0.15, 0.2) is 0 Å². The van der Waals surface area contributed by atoms with Gasteiger partial charge in [-0.25, -0.2) is 0 Å². The minimum Gasteiger partial charge on any atom is -0.469 e. The van der Waals surface area contributed by atoms with Crippen molar-refractivity contribution in [1.82, 2.24) is 14.7 Å². The Kier molecular flexibility index (Phi) is 8.27. The largest absolute Gasteiger partial charge is 0.469 e. The second-order valence-electron chi connectivity index (χ2n) is 8.05. The number of likely N-dealkylation sites (N-methyl/N-ethyl adjacent to an activating group) is 1. The molecule has 0 aliphatic heterocycles. The summed E-state index contributed by atoms with van der Waals surface area (Å²) >= 11 is 0. The Hall–Kier alpha value is -3.32. The Morgan fingerprint density at radius 3 is 2.22 bits per heavy atom. The molecular formula is C25H31N3O4. The minimum absolute atomic E-state index is 0.0110. The number of benzene rings is 1. The second kappa shape index (κ2) is 11.3. The van der Waals surface area contributed by atoms with E-state index in [-0.39, 0.29) is 24.8 Å². The Balaban J connectivity index is 1.70. The number of nitrogens with zero attached hydrogens (tertiary/aromatic N) is 3. The number of aryl methyl sites for hydroxylation is 1. The van der Waals surface area contributed by atoms with E-state index in [2.05, 4.69) is 4.90 Å². The molecule has 0 bridgehead atoms. The highest BCUT2D eigenvalue weighted by molar-refractivity contribution is 5.95. The first kappa shape index (κ1) is 23.3. The number of amides is 2. The highest BCUT2D eigenvalue weighted by atomic mass is 16.3. The molecule has 2 heterocycles. The summed E-state index contributed by atoms with van der Waals surface area (Å²) in [4.78, 5) is 31.9. The van der Waals surface area contributed by atoms with E-state index in [0.717, 1.165) is 12.1 Å². The fraction of sp³-hybridized carbons (Fsp3) is 0.360. The van der Waals surface area contributed by atoms with E-state index < -0.39 is 0 Å². The van der Waals surface area contributed by atoms with Crippen LogP contribution in [0, 0.1) is 6.92 Å². The normalized spacial score (nSPS) is 11.0. The van der Waals surface area contributed by atoms with E-state index in [0.29, 0.717) is 36.7 Å². The van der Waals surface area contributed by atoms with Gasteiger partial charge in [-0.15, -0.1) is 0 Å². The number of rotatable bonds is 11. The maximum absolute atomic E-state index is 13.2. The van der Waals surface area contributed by atoms with Crippen LogP contribution in [0.2, 0.25) is 0 Å². The third-order valence-electron chi connectivity index (χ3n) is 5.28. The summed E-state index contributed by atoms with van der Waals surface area (Å²) in [6, 6.07) is 15.2. The molecule has 0 unspecified atom stereocenters. The van der Waals surface area contributed by atoms with Gasteiger partial charge in [-0.05, 0) is 44.8 Å². The van der Waals surface area contributed by atoms with E-state index in [4.69, 9.17) is 8.83 Å². The van der Waals surface area contributed by atoms with Crippen LogP contribution in [0.25, 0.3) is 0 Å². The zero-order valence-corrected chi connectivity index (χ0v) is 19.0. The van der Waals surface area contributed by atoms with Crippen LogP contribution in [0.5, 0.6) is 0 Å². The molecule has 0 N–H and O–H groups in total. The lowest BCUT2D eigenvalue weighted by molar-refractivity contribution is -0.132. The van der Waals surface area contributed by atoms with Crippen LogP contribution in [0.4, 0.5) is 0 Å². The molecule has 0 fully saturated rings. The molecular weight excluding hydrogens is 406 g/mol. The molecule has 2 amide bonds. The second-order valence-corrected chi connectivity index (χ2v) is 8.05. The first-order valence-electron chi connectivity index (χ1n) is 10.8. The van der Waals surface area contributed by atoms with Gasteiger partial charge in [-0.1, -0.05) is 30.3 Å². The van der Waals surface area contributed by atoms with Crippen molar-refractivity contribution in [3.8, 4) is 0 Å². The fourth-order valence-electron chi connectivity index (χ4n) is 3.43. The van der Waals surface area contributed by atoms with Crippen LogP contribution in [0.3, 0.4) is 0 Å². The highest BCUT2D eigenvalue weighted by Crippen LogP contribution is 2.16. The lowest BCUT2D eigenvalue weighted by Crippen LogP contribution is -2.39. The summed E-state index contributed by atoms with van der Waals surface area (Å²) in [5.41, 5.74) is 1.58. The van der Waals surface area contributed by atoms with Gasteiger partial charge < -0.3 is 23.5 Å². The molecule has 0 spiro atoms. The lowest BCUT2D eigenvalue weighted by atomic mass is 10.2. The molecule has 0 radical (unpaired) electrons. The molecule has 32 heavy (non-hydrogen) atoms. The molecule has 7 heteroatoms. The maximum atomic E-state index is 13.2. The molecule has 170 valence electrons. The Morgan fingerprint density at radius 1 is 0.812 bits per heavy atom. The van der Waals surface area contributed by atoms with Gasteiger partial charge in [0.2, 0.25) is 5.91 Å². The van der Waals surface area contributed by atoms with Crippen molar-refractivity contribution in [2.24, 2.45) is 0 Å². The molecule has 3 rings (SSSR count). The Morgan fingerprint density at radius 2 is 1.59 bits per heavy atom. The molecule has 0 saturated heterocycles. The van der Waals surface area contributed by atoms with Crippen molar-refractivity contribution >= 4 is 11.8 Å². The van der Waals surface area contributed by atoms with Crippen LogP contribution in [0.15, 0.2) is 69.9 Å². The van der Waals surface area contributed by atoms with E-state index in [1.165, 1.54) is 6.26 Å². The monoisotopic (exact) mass is 437 g/mol. The quantitative estimate of drug-likeness (QED) is 0.456. The number of carbonyl (C=O) groups excluding carboxylic acids is 2. The third-order valence-corrected chi connectivity index (χ3v) is 5.28. The third kappa shape index (κ3) is 6.59. The SMILES string of the molecule is Cc1occc1C(=O)N(CCC(=O)N(CCN(C)C)Cc1ccccc1)Cc1ccco1. The predicted octanol–water partition coefficient (Wildman–Crippen LogP) is 3.80. The van der Waals surface area contributed by atoms with Crippen LogP contribution < -0.4 is 0 Å². The number of hydrogen-bond acceptors (Lipinski definition) is 5. The smallest absolute Gasteiger partial charge is 0.257 e. The van der Waals surface area contributed by atoms with E-state index in [1.807, 2.05) is 55.4 Å². The molecule has 2 aromatic heterocycles. The fourth-order valence-corrected chi connectivity index (χ4v) is 3.43. The highest BCUT2D eigenvalue weighted by Gasteiger charge is 2.23. The molecule has 1 aromatic carbocycles. The van der Waals surface area contributed by atoms with Crippen LogP contribution in [-0.4, -0.2) is 60.2 Å². The van der Waals surface area contributed by atoms with Crippen molar-refractivity contribution in [2.75, 3.05) is 33.7 Å². The number of hydrogen-bond donors (Lipinski definition) is 0. The number of furan rings is 2. The van der Waals surface area contributed by atoms with Crippen LogP contribution in [0.1, 0.15) is 33.9 Å². The molecule has 0 atom stereocenters. The zero-order chi connectivity index (χ0) is 22.9.